The van der Waals surface area contributed by atoms with E-state index in [0.717, 1.165) is 24.6 Å². The quantitative estimate of drug-likeness (QED) is 0.450. The van der Waals surface area contributed by atoms with Crippen molar-refractivity contribution in [3.8, 4) is 0 Å². The molecule has 0 fully saturated rings. The Bertz CT molecular complexity index is 285. The van der Waals surface area contributed by atoms with Gasteiger partial charge in [-0.1, -0.05) is 34.1 Å². The number of hydrogen-bond acceptors (Lipinski definition) is 2. The van der Waals surface area contributed by atoms with E-state index in [1.165, 1.54) is 0 Å². The van der Waals surface area contributed by atoms with Crippen LogP contribution in [0.25, 0.3) is 0 Å². The van der Waals surface area contributed by atoms with Crippen LogP contribution in [0.4, 0.5) is 0 Å². The molecular formula is C12H15BrO2. The summed E-state index contributed by atoms with van der Waals surface area (Å²) in [5, 5.41) is 1.01. The first kappa shape index (κ1) is 12.2. The number of benzene rings is 1. The summed E-state index contributed by atoms with van der Waals surface area (Å²) in [4.78, 5) is 11.4. The van der Waals surface area contributed by atoms with Gasteiger partial charge in [0.25, 0.3) is 0 Å². The molecule has 0 unspecified atom stereocenters. The number of halogens is 1. The van der Waals surface area contributed by atoms with Gasteiger partial charge in [0.2, 0.25) is 0 Å². The van der Waals surface area contributed by atoms with Crippen molar-refractivity contribution >= 4 is 21.9 Å². The van der Waals surface area contributed by atoms with Gasteiger partial charge in [-0.2, -0.15) is 0 Å². The van der Waals surface area contributed by atoms with E-state index in [-0.39, 0.29) is 5.97 Å². The maximum atomic E-state index is 11.4. The molecular weight excluding hydrogens is 256 g/mol. The minimum Gasteiger partial charge on any atom is -0.462 e. The fourth-order valence-electron chi connectivity index (χ4n) is 1.20. The van der Waals surface area contributed by atoms with E-state index in [4.69, 9.17) is 4.74 Å². The Kier molecular flexibility index (Phi) is 6.09. The van der Waals surface area contributed by atoms with Gasteiger partial charge < -0.3 is 4.74 Å². The van der Waals surface area contributed by atoms with Gasteiger partial charge in [0.05, 0.1) is 12.2 Å². The molecule has 0 aliphatic heterocycles. The second-order valence-electron chi connectivity index (χ2n) is 3.25. The van der Waals surface area contributed by atoms with Gasteiger partial charge in [0.15, 0.2) is 0 Å². The summed E-state index contributed by atoms with van der Waals surface area (Å²) in [6.45, 7) is 0.515. The average molecular weight is 271 g/mol. The fraction of sp³-hybridized carbons (Fsp3) is 0.417. The molecule has 2 nitrogen and oxygen atoms in total. The van der Waals surface area contributed by atoms with Crippen LogP contribution in [0.1, 0.15) is 29.6 Å². The second kappa shape index (κ2) is 7.46. The number of alkyl halides is 1. The molecule has 0 saturated carbocycles. The number of rotatable bonds is 6. The van der Waals surface area contributed by atoms with E-state index in [9.17, 15) is 4.79 Å². The second-order valence-corrected chi connectivity index (χ2v) is 4.04. The molecule has 0 N–H and O–H groups in total. The predicted octanol–water partition coefficient (Wildman–Crippen LogP) is 3.41. The molecule has 15 heavy (non-hydrogen) atoms. The van der Waals surface area contributed by atoms with Crippen LogP contribution in [-0.2, 0) is 4.74 Å². The van der Waals surface area contributed by atoms with Crippen LogP contribution in [0.3, 0.4) is 0 Å². The Balaban J connectivity index is 2.20. The van der Waals surface area contributed by atoms with Gasteiger partial charge in [0.1, 0.15) is 0 Å². The normalized spacial score (nSPS) is 9.93. The monoisotopic (exact) mass is 270 g/mol. The molecule has 0 bridgehead atoms. The van der Waals surface area contributed by atoms with Gasteiger partial charge in [-0.05, 0) is 31.4 Å². The number of unbranched alkanes of at least 4 members (excludes halogenated alkanes) is 2. The lowest BCUT2D eigenvalue weighted by molar-refractivity contribution is 0.0498. The van der Waals surface area contributed by atoms with Gasteiger partial charge in [-0.15, -0.1) is 0 Å². The number of hydrogen-bond donors (Lipinski definition) is 0. The smallest absolute Gasteiger partial charge is 0.338 e. The van der Waals surface area contributed by atoms with Crippen molar-refractivity contribution in [3.05, 3.63) is 35.9 Å². The van der Waals surface area contributed by atoms with Crippen LogP contribution in [0.2, 0.25) is 0 Å². The third kappa shape index (κ3) is 4.98. The predicted molar refractivity (Wildman–Crippen MR) is 64.4 cm³/mol. The van der Waals surface area contributed by atoms with Crippen molar-refractivity contribution in [3.63, 3.8) is 0 Å². The summed E-state index contributed by atoms with van der Waals surface area (Å²) in [6.07, 6.45) is 3.15. The Hall–Kier alpha value is -0.830. The Morgan fingerprint density at radius 1 is 1.13 bits per heavy atom. The Morgan fingerprint density at radius 2 is 1.87 bits per heavy atom. The van der Waals surface area contributed by atoms with Crippen LogP contribution in [0.5, 0.6) is 0 Å². The lowest BCUT2D eigenvalue weighted by Gasteiger charge is -2.03. The summed E-state index contributed by atoms with van der Waals surface area (Å²) < 4.78 is 5.12. The van der Waals surface area contributed by atoms with Crippen molar-refractivity contribution in [1.82, 2.24) is 0 Å². The highest BCUT2D eigenvalue weighted by atomic mass is 79.9. The van der Waals surface area contributed by atoms with Crippen molar-refractivity contribution in [2.45, 2.75) is 19.3 Å². The van der Waals surface area contributed by atoms with Gasteiger partial charge in [0, 0.05) is 5.33 Å². The van der Waals surface area contributed by atoms with Gasteiger partial charge in [-0.3, -0.25) is 0 Å². The molecule has 0 saturated heterocycles. The molecule has 0 aliphatic carbocycles. The molecule has 1 rings (SSSR count). The van der Waals surface area contributed by atoms with Crippen LogP contribution >= 0.6 is 15.9 Å². The summed E-state index contributed by atoms with van der Waals surface area (Å²) in [5.41, 5.74) is 0.623. The standard InChI is InChI=1S/C12H15BrO2/c13-9-5-2-6-10-15-12(14)11-7-3-1-4-8-11/h1,3-4,7-8H,2,5-6,9-10H2. The lowest BCUT2D eigenvalue weighted by Crippen LogP contribution is -2.06. The highest BCUT2D eigenvalue weighted by Crippen LogP contribution is 2.03. The van der Waals surface area contributed by atoms with Crippen molar-refractivity contribution < 1.29 is 9.53 Å². The zero-order valence-corrected chi connectivity index (χ0v) is 10.2. The zero-order chi connectivity index (χ0) is 10.9. The number of ether oxygens (including phenoxy) is 1. The maximum Gasteiger partial charge on any atom is 0.338 e. The first-order valence-electron chi connectivity index (χ1n) is 5.12. The molecule has 82 valence electrons. The number of carbonyl (C=O) groups excluding carboxylic acids is 1. The highest BCUT2D eigenvalue weighted by Gasteiger charge is 2.04. The number of carbonyl (C=O) groups is 1. The average Bonchev–Trinajstić information content (AvgIpc) is 2.30. The summed E-state index contributed by atoms with van der Waals surface area (Å²) in [6, 6.07) is 9.08. The van der Waals surface area contributed by atoms with Crippen LogP contribution in [-0.4, -0.2) is 17.9 Å². The van der Waals surface area contributed by atoms with Crippen molar-refractivity contribution in [2.75, 3.05) is 11.9 Å². The zero-order valence-electron chi connectivity index (χ0n) is 8.62. The van der Waals surface area contributed by atoms with E-state index < -0.39 is 0 Å². The van der Waals surface area contributed by atoms with Gasteiger partial charge in [-0.25, -0.2) is 4.79 Å². The van der Waals surface area contributed by atoms with Crippen molar-refractivity contribution in [1.29, 1.82) is 0 Å². The molecule has 0 aliphatic rings. The van der Waals surface area contributed by atoms with Gasteiger partial charge >= 0.3 is 5.97 Å². The molecule has 0 heterocycles. The third-order valence-electron chi connectivity index (χ3n) is 2.02. The molecule has 1 aromatic rings. The van der Waals surface area contributed by atoms with Crippen LogP contribution in [0, 0.1) is 0 Å². The highest BCUT2D eigenvalue weighted by molar-refractivity contribution is 9.09. The van der Waals surface area contributed by atoms with Crippen molar-refractivity contribution in [2.24, 2.45) is 0 Å². The minimum absolute atomic E-state index is 0.227. The Labute approximate surface area is 98.8 Å². The minimum atomic E-state index is -0.227. The first-order chi connectivity index (χ1) is 7.34. The molecule has 0 aromatic heterocycles. The lowest BCUT2D eigenvalue weighted by atomic mass is 10.2. The number of esters is 1. The maximum absolute atomic E-state index is 11.4. The van der Waals surface area contributed by atoms with E-state index in [1.54, 1.807) is 12.1 Å². The Morgan fingerprint density at radius 3 is 2.53 bits per heavy atom. The topological polar surface area (TPSA) is 26.3 Å². The molecule has 1 aromatic carbocycles. The SMILES string of the molecule is O=C(OCCCCCBr)c1ccccc1. The van der Waals surface area contributed by atoms with Crippen LogP contribution in [0.15, 0.2) is 30.3 Å². The molecule has 0 amide bonds. The molecule has 0 atom stereocenters. The van der Waals surface area contributed by atoms with E-state index in [1.807, 2.05) is 18.2 Å². The molecule has 3 heteroatoms. The summed E-state index contributed by atoms with van der Waals surface area (Å²) >= 11 is 3.36. The van der Waals surface area contributed by atoms with Crippen LogP contribution < -0.4 is 0 Å². The summed E-state index contributed by atoms with van der Waals surface area (Å²) in [5.74, 6) is -0.227. The fourth-order valence-corrected chi connectivity index (χ4v) is 1.59. The summed E-state index contributed by atoms with van der Waals surface area (Å²) in [7, 11) is 0. The third-order valence-corrected chi connectivity index (χ3v) is 2.58. The van der Waals surface area contributed by atoms with E-state index in [2.05, 4.69) is 15.9 Å². The largest absolute Gasteiger partial charge is 0.462 e. The first-order valence-corrected chi connectivity index (χ1v) is 6.25. The van der Waals surface area contributed by atoms with E-state index in [0.29, 0.717) is 12.2 Å². The molecule has 0 spiro atoms. The van der Waals surface area contributed by atoms with E-state index >= 15 is 0 Å². The molecule has 0 radical (unpaired) electrons.